The second-order valence-corrected chi connectivity index (χ2v) is 13.0. The first-order valence-electron chi connectivity index (χ1n) is 14.8. The third-order valence-electron chi connectivity index (χ3n) is 10.2. The minimum Gasteiger partial charge on any atom is -0.340 e. The highest BCUT2D eigenvalue weighted by Crippen LogP contribution is 2.61. The van der Waals surface area contributed by atoms with E-state index in [9.17, 15) is 13.6 Å². The molecule has 0 spiro atoms. The number of piperazine rings is 1. The fraction of sp³-hybridized carbons (Fsp3) is 0.562. The van der Waals surface area contributed by atoms with Crippen LogP contribution < -0.4 is 10.6 Å². The molecule has 6 nitrogen and oxygen atoms in total. The minimum absolute atomic E-state index is 0.0493. The number of fused-ring (bicyclic) bond motifs is 3. The molecule has 1 amide bonds. The molecule has 2 aliphatic heterocycles. The Balaban J connectivity index is 1.18. The fourth-order valence-corrected chi connectivity index (χ4v) is 7.52. The van der Waals surface area contributed by atoms with Crippen molar-refractivity contribution in [3.63, 3.8) is 0 Å². The van der Waals surface area contributed by atoms with Crippen LogP contribution in [0.15, 0.2) is 41.4 Å². The number of anilines is 1. The van der Waals surface area contributed by atoms with E-state index in [4.69, 9.17) is 4.99 Å². The van der Waals surface area contributed by atoms with Crippen molar-refractivity contribution in [1.29, 1.82) is 0 Å². The van der Waals surface area contributed by atoms with Gasteiger partial charge >= 0.3 is 0 Å². The average Bonchev–Trinajstić information content (AvgIpc) is 3.23. The van der Waals surface area contributed by atoms with Crippen LogP contribution in [0.4, 0.5) is 14.5 Å². The maximum Gasteiger partial charge on any atom is 0.254 e. The van der Waals surface area contributed by atoms with Crippen molar-refractivity contribution in [3.05, 3.63) is 64.7 Å². The molecule has 0 radical (unpaired) electrons. The molecular formula is C32H41F2N5O. The van der Waals surface area contributed by atoms with Crippen molar-refractivity contribution in [3.8, 4) is 0 Å². The summed E-state index contributed by atoms with van der Waals surface area (Å²) < 4.78 is 27.4. The summed E-state index contributed by atoms with van der Waals surface area (Å²) in [6, 6.07) is 10.2. The highest BCUT2D eigenvalue weighted by Gasteiger charge is 2.56. The third-order valence-corrected chi connectivity index (χ3v) is 10.2. The van der Waals surface area contributed by atoms with E-state index < -0.39 is 11.6 Å². The highest BCUT2D eigenvalue weighted by molar-refractivity contribution is 6.00. The maximum absolute atomic E-state index is 14.1. The largest absolute Gasteiger partial charge is 0.340 e. The first-order valence-corrected chi connectivity index (χ1v) is 14.8. The van der Waals surface area contributed by atoms with Gasteiger partial charge in [-0.25, -0.2) is 13.8 Å². The lowest BCUT2D eigenvalue weighted by Gasteiger charge is -2.61. The van der Waals surface area contributed by atoms with Gasteiger partial charge in [-0.3, -0.25) is 4.79 Å². The second-order valence-electron chi connectivity index (χ2n) is 13.0. The zero-order valence-corrected chi connectivity index (χ0v) is 24.0. The summed E-state index contributed by atoms with van der Waals surface area (Å²) in [4.78, 5) is 22.6. The molecule has 214 valence electrons. The monoisotopic (exact) mass is 549 g/mol. The number of rotatable bonds is 5. The Labute approximate surface area is 236 Å². The number of hydrogen-bond donors (Lipinski definition) is 2. The second kappa shape index (κ2) is 10.4. The zero-order valence-electron chi connectivity index (χ0n) is 24.0. The number of guanidine groups is 1. The molecule has 2 aromatic carbocycles. The van der Waals surface area contributed by atoms with Gasteiger partial charge in [-0.05, 0) is 84.7 Å². The molecule has 7 rings (SSSR count). The number of amides is 1. The number of hydrogen-bond acceptors (Lipinski definition) is 3. The summed E-state index contributed by atoms with van der Waals surface area (Å²) in [7, 11) is 0. The quantitative estimate of drug-likeness (QED) is 0.393. The Hall–Kier alpha value is -3.00. The third kappa shape index (κ3) is 5.00. The van der Waals surface area contributed by atoms with E-state index in [1.54, 1.807) is 4.90 Å². The molecule has 1 saturated heterocycles. The number of carbonyl (C=O) groups excluding carboxylic acids is 1. The van der Waals surface area contributed by atoms with Crippen molar-refractivity contribution in [2.45, 2.75) is 65.6 Å². The Morgan fingerprint density at radius 3 is 2.70 bits per heavy atom. The lowest BCUT2D eigenvalue weighted by molar-refractivity contribution is -0.108. The normalized spacial score (nSPS) is 29.3. The van der Waals surface area contributed by atoms with Crippen molar-refractivity contribution >= 4 is 17.6 Å². The van der Waals surface area contributed by atoms with Gasteiger partial charge < -0.3 is 20.4 Å². The van der Waals surface area contributed by atoms with Crippen LogP contribution in [0, 0.1) is 34.8 Å². The van der Waals surface area contributed by atoms with E-state index in [1.165, 1.54) is 18.6 Å². The van der Waals surface area contributed by atoms with E-state index in [-0.39, 0.29) is 5.91 Å². The molecule has 2 aromatic rings. The maximum atomic E-state index is 14.1. The van der Waals surface area contributed by atoms with E-state index in [0.29, 0.717) is 54.1 Å². The number of nitrogens with zero attached hydrogens (tertiary/aromatic N) is 3. The van der Waals surface area contributed by atoms with Crippen LogP contribution in [0.3, 0.4) is 0 Å². The molecule has 40 heavy (non-hydrogen) atoms. The number of benzene rings is 2. The average molecular weight is 550 g/mol. The van der Waals surface area contributed by atoms with Crippen molar-refractivity contribution < 1.29 is 13.6 Å². The summed E-state index contributed by atoms with van der Waals surface area (Å²) in [5, 5.41) is 7.18. The highest BCUT2D eigenvalue weighted by atomic mass is 19.1. The minimum atomic E-state index is -0.595. The molecule has 0 unspecified atom stereocenters. The van der Waals surface area contributed by atoms with Crippen molar-refractivity contribution in [2.75, 3.05) is 31.5 Å². The van der Waals surface area contributed by atoms with Gasteiger partial charge in [0.2, 0.25) is 0 Å². The SMILES string of the molecule is C[C@@H]1[C@@H](/N=C(/Nc2ccc3c(c2)CN(CCc2ccc(F)cc2F)C3=O)N2CCN[C@@H](C)C2)C[C@H]2C[C@@H]1C2(C)C. The van der Waals surface area contributed by atoms with E-state index in [1.807, 2.05) is 12.1 Å². The van der Waals surface area contributed by atoms with Crippen LogP contribution in [-0.2, 0) is 13.0 Å². The number of carbonyl (C=O) groups is 1. The first-order chi connectivity index (χ1) is 19.1. The predicted octanol–water partition coefficient (Wildman–Crippen LogP) is 5.30. The van der Waals surface area contributed by atoms with Gasteiger partial charge in [0.25, 0.3) is 5.91 Å². The molecule has 4 fully saturated rings. The van der Waals surface area contributed by atoms with Gasteiger partial charge in [-0.2, -0.15) is 0 Å². The molecule has 2 heterocycles. The smallest absolute Gasteiger partial charge is 0.254 e. The molecular weight excluding hydrogens is 508 g/mol. The summed E-state index contributed by atoms with van der Waals surface area (Å²) in [5.74, 6) is 1.73. The molecule has 2 N–H and O–H groups in total. The van der Waals surface area contributed by atoms with Crippen LogP contribution in [0.25, 0.3) is 0 Å². The topological polar surface area (TPSA) is 60.0 Å². The van der Waals surface area contributed by atoms with Crippen LogP contribution >= 0.6 is 0 Å². The lowest BCUT2D eigenvalue weighted by atomic mass is 9.45. The van der Waals surface area contributed by atoms with E-state index in [2.05, 4.69) is 49.3 Å². The number of aliphatic imine (C=N–C) groups is 1. The first kappa shape index (κ1) is 27.2. The molecule has 5 aliphatic rings. The molecule has 5 atom stereocenters. The number of halogens is 2. The van der Waals surface area contributed by atoms with Crippen molar-refractivity contribution in [1.82, 2.24) is 15.1 Å². The number of nitrogens with one attached hydrogen (secondary N) is 2. The van der Waals surface area contributed by atoms with Gasteiger partial charge in [-0.1, -0.05) is 26.8 Å². The van der Waals surface area contributed by atoms with Crippen LogP contribution in [-0.4, -0.2) is 59.9 Å². The molecule has 3 aliphatic carbocycles. The summed E-state index contributed by atoms with van der Waals surface area (Å²) >= 11 is 0. The van der Waals surface area contributed by atoms with Gasteiger partial charge in [0, 0.05) is 56.1 Å². The zero-order chi connectivity index (χ0) is 28.2. The predicted molar refractivity (Wildman–Crippen MR) is 154 cm³/mol. The van der Waals surface area contributed by atoms with Gasteiger partial charge in [0.1, 0.15) is 11.6 Å². The molecule has 8 heteroatoms. The van der Waals surface area contributed by atoms with Crippen LogP contribution in [0.1, 0.15) is 62.0 Å². The Morgan fingerprint density at radius 2 is 1.98 bits per heavy atom. The summed E-state index contributed by atoms with van der Waals surface area (Å²) in [6.45, 7) is 13.0. The van der Waals surface area contributed by atoms with Crippen molar-refractivity contribution in [2.24, 2.45) is 28.2 Å². The van der Waals surface area contributed by atoms with E-state index in [0.717, 1.165) is 61.2 Å². The molecule has 3 saturated carbocycles. The Bertz CT molecular complexity index is 1330. The Kier molecular flexibility index (Phi) is 7.09. The lowest BCUT2D eigenvalue weighted by Crippen LogP contribution is -2.57. The van der Waals surface area contributed by atoms with Gasteiger partial charge in [-0.15, -0.1) is 0 Å². The van der Waals surface area contributed by atoms with Crippen LogP contribution in [0.2, 0.25) is 0 Å². The Morgan fingerprint density at radius 1 is 1.15 bits per heavy atom. The van der Waals surface area contributed by atoms with Gasteiger partial charge in [0.05, 0.1) is 6.04 Å². The van der Waals surface area contributed by atoms with Gasteiger partial charge in [0.15, 0.2) is 5.96 Å². The summed E-state index contributed by atoms with van der Waals surface area (Å²) in [5.41, 5.74) is 3.40. The standard InChI is InChI=1S/C32H41F2N5O/c1-19-17-39(12-10-35-19)31(37-29-15-23-14-27(20(29)2)32(23,3)4)36-25-7-8-26-22(13-25)18-38(30(26)40)11-9-21-5-6-24(33)16-28(21)34/h5-8,13,16,19-20,23,27,29,35H,9-12,14-15,17-18H2,1-4H3,(H,36,37)/t19-,20-,23+,27-,29-/m0/s1. The van der Waals surface area contributed by atoms with E-state index >= 15 is 0 Å². The summed E-state index contributed by atoms with van der Waals surface area (Å²) in [6.07, 6.45) is 2.81. The molecule has 2 bridgehead atoms. The fourth-order valence-electron chi connectivity index (χ4n) is 7.52. The van der Waals surface area contributed by atoms with Crippen LogP contribution in [0.5, 0.6) is 0 Å². The molecule has 0 aromatic heterocycles.